The smallest absolute Gasteiger partial charge is 0.0791 e. The van der Waals surface area contributed by atoms with Crippen molar-refractivity contribution in [2.75, 3.05) is 5.01 Å². The molecule has 0 aromatic heterocycles. The number of anilines is 1. The van der Waals surface area contributed by atoms with Crippen molar-refractivity contribution in [2.24, 2.45) is 16.7 Å². The summed E-state index contributed by atoms with van der Waals surface area (Å²) in [5, 5.41) is 3.62. The highest BCUT2D eigenvalue weighted by molar-refractivity contribution is 6.70. The first kappa shape index (κ1) is 17.0. The fraction of sp³-hybridized carbons (Fsp3) is 0.700. The van der Waals surface area contributed by atoms with Gasteiger partial charge in [-0.1, -0.05) is 65.0 Å². The summed E-state index contributed by atoms with van der Waals surface area (Å²) in [5.74, 6) is 6.70. The third kappa shape index (κ3) is 2.02. The van der Waals surface area contributed by atoms with E-state index in [1.165, 1.54) is 22.9 Å². The van der Waals surface area contributed by atoms with Crippen molar-refractivity contribution < 1.29 is 0 Å². The first-order chi connectivity index (χ1) is 10.4. The lowest BCUT2D eigenvalue weighted by Crippen LogP contribution is -2.65. The van der Waals surface area contributed by atoms with Crippen LogP contribution in [0.4, 0.5) is 5.69 Å². The van der Waals surface area contributed by atoms with E-state index in [-0.39, 0.29) is 16.4 Å². The summed E-state index contributed by atoms with van der Waals surface area (Å²) in [4.78, 5) is 0. The topological polar surface area (TPSA) is 29.3 Å². The van der Waals surface area contributed by atoms with Crippen LogP contribution in [0, 0.1) is 10.8 Å². The Morgan fingerprint density at radius 2 is 1.52 bits per heavy atom. The highest BCUT2D eigenvalue weighted by atomic mass is 28.3. The molecule has 2 unspecified atom stereocenters. The molecule has 127 valence electrons. The molecule has 1 aliphatic heterocycles. The van der Waals surface area contributed by atoms with Crippen LogP contribution in [0.5, 0.6) is 0 Å². The third-order valence-electron chi connectivity index (χ3n) is 7.56. The number of fused-ring (bicyclic) bond motifs is 3. The molecule has 1 aliphatic carbocycles. The second-order valence-electron chi connectivity index (χ2n) is 9.83. The molecule has 2 N–H and O–H groups in total. The quantitative estimate of drug-likeness (QED) is 0.618. The molecule has 2 aliphatic rings. The maximum Gasteiger partial charge on any atom is 0.0791 e. The van der Waals surface area contributed by atoms with E-state index in [2.05, 4.69) is 77.8 Å². The summed E-state index contributed by atoms with van der Waals surface area (Å²) in [7, 11) is -0.444. The van der Waals surface area contributed by atoms with Gasteiger partial charge in [0.25, 0.3) is 0 Å². The van der Waals surface area contributed by atoms with Gasteiger partial charge in [0.05, 0.1) is 20.0 Å². The summed E-state index contributed by atoms with van der Waals surface area (Å²) >= 11 is 0. The van der Waals surface area contributed by atoms with Gasteiger partial charge in [-0.3, -0.25) is 0 Å². The Labute approximate surface area is 144 Å². The average molecular weight is 330 g/mol. The first-order valence-electron chi connectivity index (χ1n) is 8.86. The van der Waals surface area contributed by atoms with Gasteiger partial charge in [0.2, 0.25) is 0 Å². The van der Waals surface area contributed by atoms with Gasteiger partial charge >= 0.3 is 0 Å². The fourth-order valence-corrected chi connectivity index (χ4v) is 5.96. The molecule has 0 saturated heterocycles. The maximum absolute atomic E-state index is 6.70. The van der Waals surface area contributed by atoms with Crippen LogP contribution >= 0.6 is 0 Å². The lowest BCUT2D eigenvalue weighted by molar-refractivity contribution is -0.0342. The summed E-state index contributed by atoms with van der Waals surface area (Å²) in [6, 6.07) is 7.05. The van der Waals surface area contributed by atoms with E-state index in [1.807, 2.05) is 0 Å². The maximum atomic E-state index is 6.70. The molecule has 1 heterocycles. The van der Waals surface area contributed by atoms with Gasteiger partial charge in [0.1, 0.15) is 0 Å². The predicted octanol–water partition coefficient (Wildman–Crippen LogP) is 4.20. The molecule has 1 aromatic carbocycles. The van der Waals surface area contributed by atoms with Crippen LogP contribution in [-0.4, -0.2) is 14.3 Å². The van der Waals surface area contributed by atoms with Gasteiger partial charge in [-0.15, -0.1) is 0 Å². The van der Waals surface area contributed by atoms with Crippen molar-refractivity contribution in [3.63, 3.8) is 0 Å². The van der Waals surface area contributed by atoms with E-state index < -0.39 is 8.80 Å². The van der Waals surface area contributed by atoms with E-state index in [4.69, 9.17) is 5.84 Å². The SMILES string of the molecule is C[Si](C)c1ccc2c(c1)C1(C)CC(C)(C)C(C)(C)CC1(C)N2N. The van der Waals surface area contributed by atoms with Gasteiger partial charge in [-0.2, -0.15) is 0 Å². The molecule has 3 heteroatoms. The number of hydrazine groups is 1. The van der Waals surface area contributed by atoms with Gasteiger partial charge in [-0.25, -0.2) is 5.84 Å². The Hall–Kier alpha value is -0.803. The van der Waals surface area contributed by atoms with Crippen molar-refractivity contribution in [2.45, 2.75) is 78.4 Å². The van der Waals surface area contributed by atoms with Gasteiger partial charge in [0, 0.05) is 5.41 Å². The molecule has 1 fully saturated rings. The van der Waals surface area contributed by atoms with Crippen LogP contribution in [0.3, 0.4) is 0 Å². The Morgan fingerprint density at radius 1 is 0.957 bits per heavy atom. The molecule has 2 nitrogen and oxygen atoms in total. The second kappa shape index (κ2) is 4.63. The monoisotopic (exact) mass is 329 g/mol. The molecule has 0 amide bonds. The number of rotatable bonds is 1. The zero-order valence-electron chi connectivity index (χ0n) is 16.2. The highest BCUT2D eigenvalue weighted by Crippen LogP contribution is 2.65. The molecular weight excluding hydrogens is 296 g/mol. The van der Waals surface area contributed by atoms with Crippen molar-refractivity contribution in [1.29, 1.82) is 0 Å². The van der Waals surface area contributed by atoms with Crippen molar-refractivity contribution >= 4 is 19.7 Å². The van der Waals surface area contributed by atoms with Crippen LogP contribution in [0.2, 0.25) is 13.1 Å². The highest BCUT2D eigenvalue weighted by Gasteiger charge is 2.64. The average Bonchev–Trinajstić information content (AvgIpc) is 2.56. The first-order valence-corrected chi connectivity index (χ1v) is 11.4. The summed E-state index contributed by atoms with van der Waals surface area (Å²) in [6.07, 6.45) is 2.31. The molecule has 0 spiro atoms. The van der Waals surface area contributed by atoms with E-state index >= 15 is 0 Å². The summed E-state index contributed by atoms with van der Waals surface area (Å²) in [5.41, 5.74) is 3.40. The Morgan fingerprint density at radius 3 is 2.09 bits per heavy atom. The molecule has 23 heavy (non-hydrogen) atoms. The number of benzene rings is 1. The summed E-state index contributed by atoms with van der Waals surface area (Å²) in [6.45, 7) is 19.3. The van der Waals surface area contributed by atoms with Crippen molar-refractivity contribution in [3.05, 3.63) is 23.8 Å². The van der Waals surface area contributed by atoms with Crippen molar-refractivity contribution in [3.8, 4) is 0 Å². The van der Waals surface area contributed by atoms with Crippen LogP contribution in [0.15, 0.2) is 18.2 Å². The van der Waals surface area contributed by atoms with E-state index in [0.717, 1.165) is 6.42 Å². The standard InChI is InChI=1S/C20H33N2Si/c1-17(2)12-19(5)15-11-14(23(7)8)9-10-16(15)22(21)20(19,6)13-18(17,3)4/h9-11H,12-13,21H2,1-8H3. The van der Waals surface area contributed by atoms with Crippen LogP contribution < -0.4 is 16.0 Å². The number of nitrogens with two attached hydrogens (primary N) is 1. The number of nitrogens with zero attached hydrogens (tertiary/aromatic N) is 1. The lowest BCUT2D eigenvalue weighted by Gasteiger charge is -2.60. The molecule has 1 aromatic rings. The fourth-order valence-electron chi connectivity index (χ4n) is 5.11. The Balaban J connectivity index is 2.21. The Bertz CT molecular complexity index is 649. The van der Waals surface area contributed by atoms with E-state index in [9.17, 15) is 0 Å². The van der Waals surface area contributed by atoms with E-state index in [1.54, 1.807) is 0 Å². The van der Waals surface area contributed by atoms with Crippen LogP contribution in [-0.2, 0) is 5.41 Å². The number of hydrogen-bond acceptors (Lipinski definition) is 2. The molecule has 2 atom stereocenters. The van der Waals surface area contributed by atoms with E-state index in [0.29, 0.717) is 5.41 Å². The van der Waals surface area contributed by atoms with Gasteiger partial charge in [-0.05, 0) is 42.2 Å². The lowest BCUT2D eigenvalue weighted by atomic mass is 9.46. The van der Waals surface area contributed by atoms with Crippen LogP contribution in [0.1, 0.15) is 59.9 Å². The third-order valence-corrected chi connectivity index (χ3v) is 9.03. The molecule has 3 rings (SSSR count). The normalized spacial score (nSPS) is 34.4. The Kier molecular flexibility index (Phi) is 3.43. The van der Waals surface area contributed by atoms with Gasteiger partial charge in [0.15, 0.2) is 0 Å². The molecular formula is C20H33N2Si. The zero-order valence-corrected chi connectivity index (χ0v) is 17.2. The van der Waals surface area contributed by atoms with Crippen molar-refractivity contribution in [1.82, 2.24) is 0 Å². The minimum atomic E-state index is -0.444. The number of hydrogen-bond donors (Lipinski definition) is 1. The summed E-state index contributed by atoms with van der Waals surface area (Å²) < 4.78 is 0. The predicted molar refractivity (Wildman–Crippen MR) is 103 cm³/mol. The largest absolute Gasteiger partial charge is 0.304 e. The van der Waals surface area contributed by atoms with Crippen LogP contribution in [0.25, 0.3) is 0 Å². The molecule has 1 radical (unpaired) electrons. The van der Waals surface area contributed by atoms with Gasteiger partial charge < -0.3 is 5.01 Å². The minimum Gasteiger partial charge on any atom is -0.304 e. The molecule has 1 saturated carbocycles. The zero-order chi connectivity index (χ0) is 17.4. The molecule has 0 bridgehead atoms. The second-order valence-corrected chi connectivity index (χ2v) is 12.4. The minimum absolute atomic E-state index is 0.0125.